The monoisotopic (exact) mass is 1350 g/mol. The molecule has 0 fully saturated rings. The maximum absolute atomic E-state index is 10.7. The molecule has 88 heavy (non-hydrogen) atoms. The molecule has 0 saturated heterocycles. The maximum atomic E-state index is 10.7. The van der Waals surface area contributed by atoms with E-state index in [1.54, 1.807) is 62.0 Å². The molecule has 0 aliphatic heterocycles. The number of halogens is 4. The average Bonchev–Trinajstić information content (AvgIpc) is 3.29. The molecule has 4 N–H and O–H groups in total. The van der Waals surface area contributed by atoms with Crippen LogP contribution in [0.4, 0.5) is 0 Å². The number of Topliss-reactive ketones (excluding diaryl/α,β-unsaturated/α-hetero) is 4. The van der Waals surface area contributed by atoms with Crippen LogP contribution >= 0.6 is 46.4 Å². The number of hydrogen-bond acceptors (Lipinski definition) is 18. The molecule has 26 heteroatoms. The molecular weight excluding hydrogens is 1310 g/mol. The number of allylic oxidation sites excluding steroid dienone is 4. The van der Waals surface area contributed by atoms with E-state index in [2.05, 4.69) is 49.8 Å². The van der Waals surface area contributed by atoms with E-state index < -0.39 is 66.3 Å². The molecule has 0 atom stereocenters. The molecule has 10 aromatic rings. The molecule has 0 aromatic carbocycles. The molecule has 0 saturated carbocycles. The van der Waals surface area contributed by atoms with E-state index >= 15 is 0 Å². The molecule has 2 radical (unpaired) electrons. The van der Waals surface area contributed by atoms with Crippen molar-refractivity contribution < 1.29 is 84.7 Å². The summed E-state index contributed by atoms with van der Waals surface area (Å²) < 4.78 is 0. The quantitative estimate of drug-likeness (QED) is 0.0996. The number of hydrogen-bond donors (Lipinski definition) is 0. The van der Waals surface area contributed by atoms with Crippen LogP contribution in [0.1, 0.15) is 0 Å². The first-order valence-corrected chi connectivity index (χ1v) is 25.9. The molecule has 0 spiro atoms. The molecule has 0 bridgehead atoms. The average molecular weight is 1360 g/mol. The van der Waals surface area contributed by atoms with E-state index in [1.807, 2.05) is 182 Å². The van der Waals surface area contributed by atoms with Crippen LogP contribution in [0.5, 0.6) is 0 Å². The maximum Gasteiger partial charge on any atom is 2.00 e. The Morgan fingerprint density at radius 2 is 0.318 bits per heavy atom. The zero-order valence-electron chi connectivity index (χ0n) is 44.9. The third kappa shape index (κ3) is 22.7. The first-order chi connectivity index (χ1) is 40.8. The summed E-state index contributed by atoms with van der Waals surface area (Å²) in [5.41, 5.74) is 9.15. The molecule has 10 heterocycles. The van der Waals surface area contributed by atoms with Gasteiger partial charge >= 0.3 is 34.1 Å². The van der Waals surface area contributed by atoms with Gasteiger partial charge in [0.05, 0.1) is 77.1 Å². The Morgan fingerprint density at radius 1 is 0.216 bits per heavy atom. The zero-order chi connectivity index (χ0) is 60.1. The van der Waals surface area contributed by atoms with Crippen molar-refractivity contribution in [2.75, 3.05) is 0 Å². The van der Waals surface area contributed by atoms with Gasteiger partial charge in [-0.2, -0.15) is 0 Å². The summed E-state index contributed by atoms with van der Waals surface area (Å²) in [6.45, 7) is 0. The van der Waals surface area contributed by atoms with Crippen LogP contribution < -0.4 is 20.4 Å². The van der Waals surface area contributed by atoms with Gasteiger partial charge < -0.3 is 31.4 Å². The van der Waals surface area contributed by atoms with Gasteiger partial charge in [-0.25, -0.2) is 0 Å². The first kappa shape index (κ1) is 74.6. The van der Waals surface area contributed by atoms with E-state index in [0.29, 0.717) is 0 Å². The number of carbonyl (C=O) groups excluding carboxylic acids is 4. The normalized spacial score (nSPS) is 11.8. The summed E-state index contributed by atoms with van der Waals surface area (Å²) in [5.74, 6) is -9.84. The topological polar surface area (TPSA) is 352 Å². The zero-order valence-corrected chi connectivity index (χ0v) is 49.9. The van der Waals surface area contributed by atoms with Crippen LogP contribution in [0.25, 0.3) is 56.9 Å². The number of pyridine rings is 10. The molecule has 0 amide bonds. The number of nitrogens with zero attached hydrogens (tertiary/aromatic N) is 10. The van der Waals surface area contributed by atoms with Gasteiger partial charge in [-0.3, -0.25) is 69.0 Å². The Hall–Kier alpha value is -9.54. The second kappa shape index (κ2) is 40.0. The van der Waals surface area contributed by atoms with Crippen molar-refractivity contribution in [2.24, 2.45) is 0 Å². The molecule has 2 aliphatic rings. The van der Waals surface area contributed by atoms with Crippen LogP contribution in [-0.4, -0.2) is 83.9 Å². The van der Waals surface area contributed by atoms with Gasteiger partial charge in [-0.05, 0) is 121 Å². The fraction of sp³-hybridized carbons (Fsp3) is 0. The number of carbonyl (C=O) groups is 4. The summed E-state index contributed by atoms with van der Waals surface area (Å²) >= 11 is 20.3. The van der Waals surface area contributed by atoms with Crippen LogP contribution in [0.15, 0.2) is 287 Å². The van der Waals surface area contributed by atoms with Gasteiger partial charge in [-0.1, -0.05) is 130 Å². The molecule has 20 nitrogen and oxygen atoms in total. The Morgan fingerprint density at radius 3 is 0.398 bits per heavy atom. The van der Waals surface area contributed by atoms with Crippen molar-refractivity contribution >= 4 is 69.5 Å². The van der Waals surface area contributed by atoms with Gasteiger partial charge in [0.25, 0.3) is 0 Å². The second-order valence-electron chi connectivity index (χ2n) is 16.0. The molecule has 452 valence electrons. The Balaban J connectivity index is 0.000000347. The van der Waals surface area contributed by atoms with Crippen LogP contribution in [0.2, 0.25) is 0 Å². The smallest absolute Gasteiger partial charge is 0.872 e. The summed E-state index contributed by atoms with van der Waals surface area (Å²) in [6.07, 6.45) is 17.7. The van der Waals surface area contributed by atoms with Crippen LogP contribution in [0, 0.1) is 0 Å². The number of ketones is 4. The first-order valence-electron chi connectivity index (χ1n) is 24.3. The van der Waals surface area contributed by atoms with Crippen LogP contribution in [-0.2, 0) is 53.3 Å². The second-order valence-corrected chi connectivity index (χ2v) is 17.6. The number of rotatable bonds is 5. The van der Waals surface area contributed by atoms with Crippen molar-refractivity contribution in [3.63, 3.8) is 0 Å². The van der Waals surface area contributed by atoms with Gasteiger partial charge in [0.2, 0.25) is 23.1 Å². The minimum absolute atomic E-state index is 0. The third-order valence-electron chi connectivity index (χ3n) is 10.4. The molecule has 10 aromatic heterocycles. The summed E-state index contributed by atoms with van der Waals surface area (Å²) in [4.78, 5) is 84.6. The van der Waals surface area contributed by atoms with E-state index in [-0.39, 0.29) is 45.1 Å². The van der Waals surface area contributed by atoms with Crippen molar-refractivity contribution in [1.82, 2.24) is 49.8 Å². The Labute approximate surface area is 544 Å². The van der Waals surface area contributed by atoms with Crippen LogP contribution in [0.3, 0.4) is 0 Å². The molecule has 12 rings (SSSR count). The summed E-state index contributed by atoms with van der Waals surface area (Å²) in [7, 11) is 0. The molecule has 2 aliphatic carbocycles. The predicted octanol–water partition coefficient (Wildman–Crippen LogP) is 6.58. The predicted molar refractivity (Wildman–Crippen MR) is 316 cm³/mol. The van der Waals surface area contributed by atoms with Crippen molar-refractivity contribution in [2.45, 2.75) is 0 Å². The largest absolute Gasteiger partial charge is 2.00 e. The SMILES string of the molecule is O.O.O=C1C(=O)C(Cl)=C([O-])C([O-])=C1Cl.O=C1C(=O)C(Cl)=C([O-])C([O-])=C1Cl.[Cu+2].[Cu+2].c1ccc(-c2ccccn2)nc1.c1ccc(-c2ccccn2)nc1.c1ccc(-c2ccccn2)nc1.c1ccc(-c2ccccn2)nc1.c1ccc(-c2ccccn2)nc1. The van der Waals surface area contributed by atoms with E-state index in [1.165, 1.54) is 0 Å². The van der Waals surface area contributed by atoms with Crippen molar-refractivity contribution in [3.8, 4) is 56.9 Å². The van der Waals surface area contributed by atoms with E-state index in [4.69, 9.17) is 46.4 Å². The summed E-state index contributed by atoms with van der Waals surface area (Å²) in [6, 6.07) is 58.0. The molecule has 0 unspecified atom stereocenters. The minimum Gasteiger partial charge on any atom is -0.872 e. The standard InChI is InChI=1S/5C10H8N2.2C6H2Cl2O4.2Cu.2H2O/c5*1-3-7-11-9(5-1)10-6-2-4-8-12-10;2*7-1-3(9)5(11)2(8)6(12)4(1)10;;;;/h5*1-8H;2*9,11H;;;2*1H2/q;;;;;;;2*+2;;/p-4. The van der Waals surface area contributed by atoms with Gasteiger partial charge in [0.15, 0.2) is 0 Å². The van der Waals surface area contributed by atoms with Gasteiger partial charge in [-0.15, -0.1) is 0 Å². The minimum atomic E-state index is -1.23. The molecular formula is C62H44Cl4Cu2N10O10. The fourth-order valence-corrected chi connectivity index (χ4v) is 7.04. The van der Waals surface area contributed by atoms with E-state index in [9.17, 15) is 39.6 Å². The van der Waals surface area contributed by atoms with E-state index in [0.717, 1.165) is 56.9 Å². The Bertz CT molecular complexity index is 3090. The summed E-state index contributed by atoms with van der Waals surface area (Å²) in [5, 5.41) is 39.2. The Kier molecular flexibility index (Phi) is 33.9. The fourth-order valence-electron chi connectivity index (χ4n) is 6.35. The third-order valence-corrected chi connectivity index (χ3v) is 11.8. The van der Waals surface area contributed by atoms with Gasteiger partial charge in [0, 0.05) is 62.0 Å². The van der Waals surface area contributed by atoms with Crippen molar-refractivity contribution in [1.29, 1.82) is 0 Å². The van der Waals surface area contributed by atoms with Crippen molar-refractivity contribution in [3.05, 3.63) is 287 Å². The van der Waals surface area contributed by atoms with Gasteiger partial charge in [0.1, 0.15) is 0 Å². The number of aromatic nitrogens is 10.